The molecule has 2 aromatic heterocycles. The summed E-state index contributed by atoms with van der Waals surface area (Å²) in [7, 11) is 0. The zero-order chi connectivity index (χ0) is 20.5. The number of anilines is 1. The van der Waals surface area contributed by atoms with Gasteiger partial charge in [-0.15, -0.1) is 0 Å². The molecule has 0 saturated heterocycles. The van der Waals surface area contributed by atoms with Crippen molar-refractivity contribution >= 4 is 16.7 Å². The number of aromatic nitrogens is 3. The van der Waals surface area contributed by atoms with Gasteiger partial charge in [-0.1, -0.05) is 39.0 Å². The SMILES string of the molecule is CCc1c(-c2ccc(O)cc2)cnc(N)c1-c1ccc2c(cnn2C[C](C)C)c1. The number of phenolic OH excluding ortho intramolecular Hbond substituents is 1. The average Bonchev–Trinajstić information content (AvgIpc) is 3.09. The third-order valence-electron chi connectivity index (χ3n) is 5.14. The lowest BCUT2D eigenvalue weighted by Gasteiger charge is -2.16. The molecule has 4 rings (SSSR count). The van der Waals surface area contributed by atoms with E-state index in [1.54, 1.807) is 12.1 Å². The van der Waals surface area contributed by atoms with Crippen LogP contribution in [0.3, 0.4) is 0 Å². The van der Waals surface area contributed by atoms with E-state index in [0.717, 1.165) is 51.7 Å². The monoisotopic (exact) mass is 385 g/mol. The van der Waals surface area contributed by atoms with Gasteiger partial charge in [0.1, 0.15) is 11.6 Å². The summed E-state index contributed by atoms with van der Waals surface area (Å²) in [6.45, 7) is 7.15. The molecule has 29 heavy (non-hydrogen) atoms. The Balaban J connectivity index is 1.86. The summed E-state index contributed by atoms with van der Waals surface area (Å²) in [5.74, 6) is 2.08. The van der Waals surface area contributed by atoms with E-state index < -0.39 is 0 Å². The molecule has 0 aliphatic carbocycles. The zero-order valence-electron chi connectivity index (χ0n) is 17.0. The molecular formula is C24H25N4O. The molecule has 0 bridgehead atoms. The first kappa shape index (κ1) is 19.0. The minimum Gasteiger partial charge on any atom is -0.508 e. The molecule has 4 aromatic rings. The molecule has 0 aliphatic heterocycles. The molecule has 0 aliphatic rings. The van der Waals surface area contributed by atoms with Gasteiger partial charge >= 0.3 is 0 Å². The molecule has 1 radical (unpaired) electrons. The van der Waals surface area contributed by atoms with Crippen LogP contribution in [-0.4, -0.2) is 19.9 Å². The Hall–Kier alpha value is -3.34. The molecule has 0 saturated carbocycles. The number of rotatable bonds is 5. The molecule has 147 valence electrons. The molecule has 0 unspecified atom stereocenters. The van der Waals surface area contributed by atoms with Crippen LogP contribution in [-0.2, 0) is 13.0 Å². The molecule has 0 spiro atoms. The third-order valence-corrected chi connectivity index (χ3v) is 5.14. The van der Waals surface area contributed by atoms with Crippen molar-refractivity contribution in [3.05, 3.63) is 66.3 Å². The van der Waals surface area contributed by atoms with Crippen molar-refractivity contribution in [3.8, 4) is 28.0 Å². The predicted octanol–water partition coefficient (Wildman–Crippen LogP) is 5.23. The van der Waals surface area contributed by atoms with Gasteiger partial charge in [-0.2, -0.15) is 5.10 Å². The number of fused-ring (bicyclic) bond motifs is 1. The number of aromatic hydroxyl groups is 1. The van der Waals surface area contributed by atoms with Crippen LogP contribution >= 0.6 is 0 Å². The minimum absolute atomic E-state index is 0.248. The number of pyridine rings is 1. The highest BCUT2D eigenvalue weighted by Crippen LogP contribution is 2.37. The lowest BCUT2D eigenvalue weighted by molar-refractivity contribution is 0.475. The Morgan fingerprint density at radius 1 is 1.03 bits per heavy atom. The van der Waals surface area contributed by atoms with E-state index in [1.807, 2.05) is 29.2 Å². The highest BCUT2D eigenvalue weighted by atomic mass is 16.3. The maximum Gasteiger partial charge on any atom is 0.131 e. The normalized spacial score (nSPS) is 11.4. The Morgan fingerprint density at radius 3 is 2.45 bits per heavy atom. The van der Waals surface area contributed by atoms with E-state index >= 15 is 0 Å². The summed E-state index contributed by atoms with van der Waals surface area (Å²) in [6.07, 6.45) is 4.54. The van der Waals surface area contributed by atoms with Crippen molar-refractivity contribution in [2.45, 2.75) is 33.7 Å². The van der Waals surface area contributed by atoms with Crippen molar-refractivity contribution in [1.29, 1.82) is 0 Å². The standard InChI is InChI=1S/C24H25N4O/c1-4-20-21(16-5-8-19(29)9-6-16)13-26-24(25)23(20)17-7-10-22-18(11-17)12-27-28(22)14-15(2)3/h5-13,29H,4,14H2,1-3H3,(H2,25,26). The van der Waals surface area contributed by atoms with Crippen LogP contribution in [0, 0.1) is 5.92 Å². The minimum atomic E-state index is 0.248. The first-order chi connectivity index (χ1) is 14.0. The summed E-state index contributed by atoms with van der Waals surface area (Å²) in [4.78, 5) is 4.48. The number of nitrogens with zero attached hydrogens (tertiary/aromatic N) is 3. The van der Waals surface area contributed by atoms with Crippen molar-refractivity contribution in [3.63, 3.8) is 0 Å². The van der Waals surface area contributed by atoms with Crippen molar-refractivity contribution in [1.82, 2.24) is 14.8 Å². The largest absolute Gasteiger partial charge is 0.508 e. The number of benzene rings is 2. The number of hydrogen-bond donors (Lipinski definition) is 2. The smallest absolute Gasteiger partial charge is 0.131 e. The fraction of sp³-hybridized carbons (Fsp3) is 0.208. The Kier molecular flexibility index (Phi) is 4.97. The Bertz CT molecular complexity index is 1160. The average molecular weight is 385 g/mol. The second-order valence-electron chi connectivity index (χ2n) is 7.59. The van der Waals surface area contributed by atoms with Crippen LogP contribution < -0.4 is 5.73 Å². The third kappa shape index (κ3) is 3.56. The molecule has 0 amide bonds. The highest BCUT2D eigenvalue weighted by Gasteiger charge is 2.16. The van der Waals surface area contributed by atoms with Gasteiger partial charge in [-0.05, 0) is 53.3 Å². The highest BCUT2D eigenvalue weighted by molar-refractivity contribution is 5.90. The van der Waals surface area contributed by atoms with Crippen LogP contribution in [0.1, 0.15) is 26.3 Å². The van der Waals surface area contributed by atoms with Crippen LogP contribution in [0.2, 0.25) is 0 Å². The van der Waals surface area contributed by atoms with Gasteiger partial charge in [0.05, 0.1) is 11.7 Å². The summed E-state index contributed by atoms with van der Waals surface area (Å²) < 4.78 is 2.02. The van der Waals surface area contributed by atoms with Gasteiger partial charge in [0.25, 0.3) is 0 Å². The quantitative estimate of drug-likeness (QED) is 0.493. The number of nitrogens with two attached hydrogens (primary N) is 1. The van der Waals surface area contributed by atoms with Crippen molar-refractivity contribution in [2.24, 2.45) is 0 Å². The van der Waals surface area contributed by atoms with E-state index in [-0.39, 0.29) is 5.75 Å². The molecule has 2 heterocycles. The molecule has 2 aromatic carbocycles. The van der Waals surface area contributed by atoms with E-state index in [9.17, 15) is 5.11 Å². The Labute approximate surface area is 170 Å². The van der Waals surface area contributed by atoms with Gasteiger partial charge in [0.15, 0.2) is 0 Å². The second kappa shape index (κ2) is 7.59. The van der Waals surface area contributed by atoms with Crippen LogP contribution in [0.15, 0.2) is 54.9 Å². The fourth-order valence-electron chi connectivity index (χ4n) is 3.81. The fourth-order valence-corrected chi connectivity index (χ4v) is 3.81. The summed E-state index contributed by atoms with van der Waals surface area (Å²) in [5, 5.41) is 15.2. The molecule has 0 atom stereocenters. The lowest BCUT2D eigenvalue weighted by Crippen LogP contribution is -2.04. The first-order valence-corrected chi connectivity index (χ1v) is 9.79. The number of nitrogen functional groups attached to an aromatic ring is 1. The molecule has 5 heteroatoms. The topological polar surface area (TPSA) is 77.0 Å². The molecule has 0 fully saturated rings. The first-order valence-electron chi connectivity index (χ1n) is 9.79. The van der Waals surface area contributed by atoms with Crippen LogP contribution in [0.4, 0.5) is 5.82 Å². The molecule has 5 nitrogen and oxygen atoms in total. The second-order valence-corrected chi connectivity index (χ2v) is 7.59. The van der Waals surface area contributed by atoms with Crippen LogP contribution in [0.25, 0.3) is 33.2 Å². The van der Waals surface area contributed by atoms with E-state index in [0.29, 0.717) is 5.82 Å². The van der Waals surface area contributed by atoms with Crippen molar-refractivity contribution in [2.75, 3.05) is 5.73 Å². The maximum atomic E-state index is 9.62. The Morgan fingerprint density at radius 2 is 1.76 bits per heavy atom. The van der Waals surface area contributed by atoms with Gasteiger partial charge in [0.2, 0.25) is 0 Å². The van der Waals surface area contributed by atoms with Gasteiger partial charge in [-0.3, -0.25) is 4.68 Å². The number of hydrogen-bond acceptors (Lipinski definition) is 4. The van der Waals surface area contributed by atoms with E-state index in [1.165, 1.54) is 5.92 Å². The van der Waals surface area contributed by atoms with Crippen molar-refractivity contribution < 1.29 is 5.11 Å². The molecular weight excluding hydrogens is 360 g/mol. The zero-order valence-corrected chi connectivity index (χ0v) is 17.0. The predicted molar refractivity (Wildman–Crippen MR) is 118 cm³/mol. The van der Waals surface area contributed by atoms with E-state index in [2.05, 4.69) is 49.1 Å². The van der Waals surface area contributed by atoms with Gasteiger partial charge in [-0.25, -0.2) is 4.98 Å². The van der Waals surface area contributed by atoms with Crippen LogP contribution in [0.5, 0.6) is 5.75 Å². The summed E-state index contributed by atoms with van der Waals surface area (Å²) >= 11 is 0. The lowest BCUT2D eigenvalue weighted by atomic mass is 9.91. The number of phenols is 1. The molecule has 3 N–H and O–H groups in total. The van der Waals surface area contributed by atoms with E-state index in [4.69, 9.17) is 5.73 Å². The maximum absolute atomic E-state index is 9.62. The van der Waals surface area contributed by atoms with Gasteiger partial charge < -0.3 is 10.8 Å². The summed E-state index contributed by atoms with van der Waals surface area (Å²) in [5.41, 5.74) is 12.6. The van der Waals surface area contributed by atoms with Gasteiger partial charge in [0, 0.05) is 29.3 Å². The summed E-state index contributed by atoms with van der Waals surface area (Å²) in [6, 6.07) is 13.5.